The van der Waals surface area contributed by atoms with E-state index in [0.29, 0.717) is 0 Å². The van der Waals surface area contributed by atoms with Gasteiger partial charge in [0.1, 0.15) is 11.2 Å². The van der Waals surface area contributed by atoms with Crippen molar-refractivity contribution >= 4 is 60.5 Å². The third-order valence-electron chi connectivity index (χ3n) is 14.4. The smallest absolute Gasteiger partial charge is 0.135 e. The van der Waals surface area contributed by atoms with E-state index in [9.17, 15) is 0 Å². The molecular formula is C66H47NO. The van der Waals surface area contributed by atoms with Gasteiger partial charge >= 0.3 is 0 Å². The van der Waals surface area contributed by atoms with E-state index in [1.807, 2.05) is 0 Å². The molecule has 0 spiro atoms. The van der Waals surface area contributed by atoms with Crippen LogP contribution in [0.3, 0.4) is 0 Å². The van der Waals surface area contributed by atoms with Crippen molar-refractivity contribution in [3.8, 4) is 22.3 Å². The molecule has 13 rings (SSSR count). The molecule has 12 aromatic rings. The van der Waals surface area contributed by atoms with E-state index in [0.717, 1.165) is 51.8 Å². The summed E-state index contributed by atoms with van der Waals surface area (Å²) in [6, 6.07) is 91.4. The third kappa shape index (κ3) is 7.05. The molecule has 1 unspecified atom stereocenters. The fourth-order valence-corrected chi connectivity index (χ4v) is 11.2. The summed E-state index contributed by atoms with van der Waals surface area (Å²) in [5.41, 5.74) is 18.2. The summed E-state index contributed by atoms with van der Waals surface area (Å²) in [6.45, 7) is 0. The molecule has 1 aliphatic rings. The van der Waals surface area contributed by atoms with Crippen LogP contribution < -0.4 is 4.90 Å². The standard InChI is InChI=1S/C66H47NO/c1-4-15-47(16-5-1)59(56-27-13-18-46-17-10-11-26-55(46)56)39-44-29-31-45(32-30-44)49-33-36-57-60(42-51-21-12-19-48-20-14-28-58(66(48)51)61(57)40-49)50-34-37-64-62(41-50)63-43-54(35-38-65(63)68-64)67(52-22-6-2-7-23-52)53-24-8-3-9-25-53/h1-38,40-41,43,59-60H,39,42H2/t59-,60?/m1/s1. The number of hydrogen-bond donors (Lipinski definition) is 0. The van der Waals surface area contributed by atoms with Gasteiger partial charge in [0, 0.05) is 39.7 Å². The number of hydrogen-bond acceptors (Lipinski definition) is 2. The van der Waals surface area contributed by atoms with E-state index in [1.165, 1.54) is 77.2 Å². The molecule has 1 heterocycles. The Labute approximate surface area is 397 Å². The Morgan fingerprint density at radius 2 is 1.07 bits per heavy atom. The minimum absolute atomic E-state index is 0.131. The first-order valence-electron chi connectivity index (χ1n) is 23.8. The fraction of sp³-hybridized carbons (Fsp3) is 0.0606. The summed E-state index contributed by atoms with van der Waals surface area (Å²) in [5.74, 6) is 0.365. The number of fused-ring (bicyclic) bond motifs is 6. The zero-order chi connectivity index (χ0) is 45.0. The predicted octanol–water partition coefficient (Wildman–Crippen LogP) is 17.8. The number of benzene rings is 11. The highest BCUT2D eigenvalue weighted by atomic mass is 16.3. The molecule has 0 radical (unpaired) electrons. The minimum atomic E-state index is 0.131. The normalized spacial score (nSPS) is 13.7. The van der Waals surface area contributed by atoms with Crippen LogP contribution in [0.2, 0.25) is 0 Å². The van der Waals surface area contributed by atoms with Gasteiger partial charge in [-0.25, -0.2) is 0 Å². The van der Waals surface area contributed by atoms with E-state index in [4.69, 9.17) is 4.42 Å². The SMILES string of the molecule is c1ccc([C@@H](Cc2ccc(-c3ccc4c(c3)-c3cccc5cccc(c35)CC4c3ccc4oc5ccc(N(c6ccccc6)c6ccccc6)cc5c4c3)cc2)c2cccc3ccccc23)cc1. The van der Waals surface area contributed by atoms with Gasteiger partial charge in [-0.15, -0.1) is 0 Å². The fourth-order valence-electron chi connectivity index (χ4n) is 11.2. The first-order valence-corrected chi connectivity index (χ1v) is 23.8. The molecule has 1 aromatic heterocycles. The second-order valence-corrected chi connectivity index (χ2v) is 18.4. The molecule has 2 nitrogen and oxygen atoms in total. The summed E-state index contributed by atoms with van der Waals surface area (Å²) in [5, 5.41) is 7.49. The summed E-state index contributed by atoms with van der Waals surface area (Å²) >= 11 is 0. The summed E-state index contributed by atoms with van der Waals surface area (Å²) in [6.07, 6.45) is 1.82. The molecule has 0 fully saturated rings. The summed E-state index contributed by atoms with van der Waals surface area (Å²) < 4.78 is 6.57. The molecule has 2 atom stereocenters. The second-order valence-electron chi connectivity index (χ2n) is 18.4. The molecule has 0 saturated heterocycles. The number of rotatable bonds is 9. The minimum Gasteiger partial charge on any atom is -0.456 e. The van der Waals surface area contributed by atoms with Crippen LogP contribution in [0.5, 0.6) is 0 Å². The van der Waals surface area contributed by atoms with Crippen LogP contribution in [0.25, 0.3) is 65.7 Å². The third-order valence-corrected chi connectivity index (χ3v) is 14.4. The van der Waals surface area contributed by atoms with Gasteiger partial charge < -0.3 is 9.32 Å². The van der Waals surface area contributed by atoms with Crippen molar-refractivity contribution in [2.75, 3.05) is 4.90 Å². The molecule has 68 heavy (non-hydrogen) atoms. The van der Waals surface area contributed by atoms with Crippen LogP contribution in [-0.2, 0) is 12.8 Å². The maximum Gasteiger partial charge on any atom is 0.135 e. The Balaban J connectivity index is 0.891. The van der Waals surface area contributed by atoms with Gasteiger partial charge in [0.25, 0.3) is 0 Å². The van der Waals surface area contributed by atoms with Gasteiger partial charge in [0.05, 0.1) is 0 Å². The van der Waals surface area contributed by atoms with Crippen LogP contribution in [0.1, 0.15) is 45.2 Å². The number of anilines is 3. The van der Waals surface area contributed by atoms with Gasteiger partial charge in [-0.05, 0) is 151 Å². The van der Waals surface area contributed by atoms with Gasteiger partial charge in [0.2, 0.25) is 0 Å². The van der Waals surface area contributed by atoms with E-state index in [1.54, 1.807) is 0 Å². The molecule has 0 amide bonds. The predicted molar refractivity (Wildman–Crippen MR) is 285 cm³/mol. The van der Waals surface area contributed by atoms with Crippen LogP contribution in [0.4, 0.5) is 17.1 Å². The Kier molecular flexibility index (Phi) is 9.83. The Morgan fingerprint density at radius 1 is 0.441 bits per heavy atom. The zero-order valence-electron chi connectivity index (χ0n) is 37.6. The maximum absolute atomic E-state index is 6.57. The van der Waals surface area contributed by atoms with Gasteiger partial charge in [-0.2, -0.15) is 0 Å². The van der Waals surface area contributed by atoms with Gasteiger partial charge in [-0.1, -0.05) is 188 Å². The molecule has 11 aromatic carbocycles. The molecular weight excluding hydrogens is 823 g/mol. The van der Waals surface area contributed by atoms with Gasteiger partial charge in [0.15, 0.2) is 0 Å². The number of nitrogens with zero attached hydrogens (tertiary/aromatic N) is 1. The molecule has 0 N–H and O–H groups in total. The Bertz CT molecular complexity index is 3750. The van der Waals surface area contributed by atoms with Crippen molar-refractivity contribution in [3.63, 3.8) is 0 Å². The molecule has 0 aliphatic heterocycles. The summed E-state index contributed by atoms with van der Waals surface area (Å²) in [7, 11) is 0. The highest BCUT2D eigenvalue weighted by Crippen LogP contribution is 2.47. The lowest BCUT2D eigenvalue weighted by Gasteiger charge is -2.25. The van der Waals surface area contributed by atoms with Crippen molar-refractivity contribution in [1.82, 2.24) is 0 Å². The monoisotopic (exact) mass is 869 g/mol. The van der Waals surface area contributed by atoms with Crippen molar-refractivity contribution < 1.29 is 4.42 Å². The van der Waals surface area contributed by atoms with Crippen LogP contribution in [0, 0.1) is 0 Å². The van der Waals surface area contributed by atoms with Crippen molar-refractivity contribution in [2.45, 2.75) is 24.7 Å². The maximum atomic E-state index is 6.57. The van der Waals surface area contributed by atoms with E-state index < -0.39 is 0 Å². The molecule has 1 aliphatic carbocycles. The lowest BCUT2D eigenvalue weighted by atomic mass is 9.82. The summed E-state index contributed by atoms with van der Waals surface area (Å²) in [4.78, 5) is 2.32. The topological polar surface area (TPSA) is 16.4 Å². The van der Waals surface area contributed by atoms with E-state index in [-0.39, 0.29) is 11.8 Å². The highest BCUT2D eigenvalue weighted by molar-refractivity contribution is 6.07. The number of para-hydroxylation sites is 2. The first-order chi connectivity index (χ1) is 33.7. The number of furan rings is 1. The van der Waals surface area contributed by atoms with E-state index in [2.05, 4.69) is 254 Å². The van der Waals surface area contributed by atoms with E-state index >= 15 is 0 Å². The Morgan fingerprint density at radius 3 is 1.85 bits per heavy atom. The average Bonchev–Trinajstić information content (AvgIpc) is 3.70. The van der Waals surface area contributed by atoms with Crippen LogP contribution in [0.15, 0.2) is 253 Å². The lowest BCUT2D eigenvalue weighted by molar-refractivity contribution is 0.668. The molecule has 0 bridgehead atoms. The average molecular weight is 870 g/mol. The molecule has 322 valence electrons. The lowest BCUT2D eigenvalue weighted by Crippen LogP contribution is -2.09. The highest BCUT2D eigenvalue weighted by Gasteiger charge is 2.27. The first kappa shape index (κ1) is 39.9. The van der Waals surface area contributed by atoms with Crippen molar-refractivity contribution in [1.29, 1.82) is 0 Å². The van der Waals surface area contributed by atoms with Gasteiger partial charge in [-0.3, -0.25) is 0 Å². The molecule has 0 saturated carbocycles. The van der Waals surface area contributed by atoms with Crippen LogP contribution >= 0.6 is 0 Å². The Hall–Kier alpha value is -8.46. The van der Waals surface area contributed by atoms with Crippen molar-refractivity contribution in [2.24, 2.45) is 0 Å². The quantitative estimate of drug-likeness (QED) is 0.144. The molecule has 2 heteroatoms. The van der Waals surface area contributed by atoms with Crippen molar-refractivity contribution in [3.05, 3.63) is 282 Å². The van der Waals surface area contributed by atoms with Crippen LogP contribution in [-0.4, -0.2) is 0 Å². The second kappa shape index (κ2) is 16.8. The zero-order valence-corrected chi connectivity index (χ0v) is 37.6. The largest absolute Gasteiger partial charge is 0.456 e.